The van der Waals surface area contributed by atoms with E-state index >= 15 is 0 Å². The maximum absolute atomic E-state index is 12.2. The van der Waals surface area contributed by atoms with Crippen LogP contribution in [0, 0.1) is 3.57 Å². The van der Waals surface area contributed by atoms with Crippen molar-refractivity contribution in [1.82, 2.24) is 0 Å². The van der Waals surface area contributed by atoms with Crippen LogP contribution >= 0.6 is 50.1 Å². The molecule has 2 N–H and O–H groups in total. The molecular formula is C14H8BrClINO3. The molecule has 2 aromatic rings. The number of nitrogens with one attached hydrogen (secondary N) is 1. The average Bonchev–Trinajstić information content (AvgIpc) is 2.43. The van der Waals surface area contributed by atoms with E-state index in [-0.39, 0.29) is 11.5 Å². The van der Waals surface area contributed by atoms with Crippen molar-refractivity contribution in [2.45, 2.75) is 0 Å². The van der Waals surface area contributed by atoms with Gasteiger partial charge in [-0.25, -0.2) is 4.79 Å². The zero-order chi connectivity index (χ0) is 15.6. The van der Waals surface area contributed by atoms with Crippen LogP contribution in [0.25, 0.3) is 0 Å². The van der Waals surface area contributed by atoms with E-state index in [0.29, 0.717) is 20.7 Å². The van der Waals surface area contributed by atoms with Crippen molar-refractivity contribution in [2.24, 2.45) is 0 Å². The predicted octanol–water partition coefficient (Wildman–Crippen LogP) is 4.66. The second-order valence-electron chi connectivity index (χ2n) is 4.08. The number of aromatic carboxylic acids is 1. The molecule has 0 saturated carbocycles. The molecule has 1 amide bonds. The molecule has 0 aliphatic carbocycles. The third kappa shape index (κ3) is 3.96. The Balaban J connectivity index is 2.29. The van der Waals surface area contributed by atoms with E-state index in [1.54, 1.807) is 30.3 Å². The molecule has 0 aliphatic rings. The topological polar surface area (TPSA) is 66.4 Å². The predicted molar refractivity (Wildman–Crippen MR) is 93.2 cm³/mol. The van der Waals surface area contributed by atoms with E-state index in [9.17, 15) is 9.59 Å². The third-order valence-electron chi connectivity index (χ3n) is 2.63. The first kappa shape index (κ1) is 16.3. The molecule has 0 aliphatic heterocycles. The van der Waals surface area contributed by atoms with Crippen LogP contribution in [0.5, 0.6) is 0 Å². The average molecular weight is 480 g/mol. The number of carboxylic acids is 1. The van der Waals surface area contributed by atoms with Crippen LogP contribution in [0.3, 0.4) is 0 Å². The fourth-order valence-electron chi connectivity index (χ4n) is 1.64. The monoisotopic (exact) mass is 479 g/mol. The summed E-state index contributed by atoms with van der Waals surface area (Å²) in [5, 5.41) is 12.2. The summed E-state index contributed by atoms with van der Waals surface area (Å²) < 4.78 is 1.20. The number of hydrogen-bond acceptors (Lipinski definition) is 2. The van der Waals surface area contributed by atoms with Crippen molar-refractivity contribution in [1.29, 1.82) is 0 Å². The Hall–Kier alpha value is -1.12. The highest BCUT2D eigenvalue weighted by Gasteiger charge is 2.13. The fourth-order valence-corrected chi connectivity index (χ4v) is 2.81. The summed E-state index contributed by atoms with van der Waals surface area (Å²) >= 11 is 11.1. The van der Waals surface area contributed by atoms with Crippen molar-refractivity contribution >= 4 is 67.7 Å². The van der Waals surface area contributed by atoms with Crippen molar-refractivity contribution in [3.05, 3.63) is 60.6 Å². The van der Waals surface area contributed by atoms with Crippen LogP contribution < -0.4 is 5.32 Å². The van der Waals surface area contributed by atoms with Gasteiger partial charge in [0.2, 0.25) is 0 Å². The maximum atomic E-state index is 12.2. The van der Waals surface area contributed by atoms with E-state index < -0.39 is 5.97 Å². The molecule has 4 nitrogen and oxygen atoms in total. The van der Waals surface area contributed by atoms with Crippen LogP contribution in [-0.4, -0.2) is 17.0 Å². The van der Waals surface area contributed by atoms with Crippen LogP contribution in [0.1, 0.15) is 20.7 Å². The summed E-state index contributed by atoms with van der Waals surface area (Å²) in [6.07, 6.45) is 0. The molecule has 0 spiro atoms. The number of hydrogen-bond donors (Lipinski definition) is 2. The van der Waals surface area contributed by atoms with E-state index in [1.165, 1.54) is 6.07 Å². The second-order valence-corrected chi connectivity index (χ2v) is 6.53. The summed E-state index contributed by atoms with van der Waals surface area (Å²) in [7, 11) is 0. The molecule has 0 saturated heterocycles. The summed E-state index contributed by atoms with van der Waals surface area (Å²) in [6, 6.07) is 9.58. The number of rotatable bonds is 3. The molecule has 0 radical (unpaired) electrons. The molecule has 0 unspecified atom stereocenters. The Labute approximate surface area is 147 Å². The minimum Gasteiger partial charge on any atom is -0.478 e. The van der Waals surface area contributed by atoms with Gasteiger partial charge in [0.05, 0.1) is 11.1 Å². The SMILES string of the molecule is O=C(O)c1cc(NC(=O)c2cc(Cl)ccc2I)ccc1Br. The van der Waals surface area contributed by atoms with Crippen LogP contribution in [-0.2, 0) is 0 Å². The molecule has 0 bridgehead atoms. The number of carboxylic acid groups (broad SMARTS) is 1. The molecule has 0 fully saturated rings. The molecule has 21 heavy (non-hydrogen) atoms. The van der Waals surface area contributed by atoms with Gasteiger partial charge in [0.15, 0.2) is 0 Å². The van der Waals surface area contributed by atoms with Crippen LogP contribution in [0.4, 0.5) is 5.69 Å². The van der Waals surface area contributed by atoms with Gasteiger partial charge in [-0.3, -0.25) is 4.79 Å². The zero-order valence-corrected chi connectivity index (χ0v) is 14.9. The molecule has 0 aromatic heterocycles. The number of carbonyl (C=O) groups excluding carboxylic acids is 1. The van der Waals surface area contributed by atoms with Gasteiger partial charge in [-0.1, -0.05) is 11.6 Å². The van der Waals surface area contributed by atoms with Gasteiger partial charge >= 0.3 is 5.97 Å². The number of amides is 1. The molecule has 108 valence electrons. The first-order chi connectivity index (χ1) is 9.88. The quantitative estimate of drug-likeness (QED) is 0.629. The normalized spacial score (nSPS) is 10.2. The Morgan fingerprint density at radius 2 is 1.86 bits per heavy atom. The molecule has 7 heteroatoms. The molecular weight excluding hydrogens is 472 g/mol. The zero-order valence-electron chi connectivity index (χ0n) is 10.4. The lowest BCUT2D eigenvalue weighted by Crippen LogP contribution is -2.14. The standard InChI is InChI=1S/C14H8BrClINO3/c15-11-3-2-8(6-9(11)14(20)21)18-13(19)10-5-7(16)1-4-12(10)17/h1-6H,(H,18,19)(H,20,21). The van der Waals surface area contributed by atoms with Crippen LogP contribution in [0.2, 0.25) is 5.02 Å². The lowest BCUT2D eigenvalue weighted by atomic mass is 10.1. The minimum atomic E-state index is -1.07. The fraction of sp³-hybridized carbons (Fsp3) is 0. The highest BCUT2D eigenvalue weighted by molar-refractivity contribution is 14.1. The lowest BCUT2D eigenvalue weighted by molar-refractivity contribution is 0.0695. The number of halogens is 3. The van der Waals surface area contributed by atoms with Crippen molar-refractivity contribution in [3.63, 3.8) is 0 Å². The highest BCUT2D eigenvalue weighted by atomic mass is 127. The minimum absolute atomic E-state index is 0.0774. The summed E-state index contributed by atoms with van der Waals surface area (Å²) in [5.41, 5.74) is 0.910. The molecule has 0 heterocycles. The highest BCUT2D eigenvalue weighted by Crippen LogP contribution is 2.23. The van der Waals surface area contributed by atoms with Gasteiger partial charge in [-0.2, -0.15) is 0 Å². The van der Waals surface area contributed by atoms with Gasteiger partial charge < -0.3 is 10.4 Å². The summed E-state index contributed by atoms with van der Waals surface area (Å²) in [5.74, 6) is -1.42. The third-order valence-corrected chi connectivity index (χ3v) is 4.49. The van der Waals surface area contributed by atoms with Crippen LogP contribution in [0.15, 0.2) is 40.9 Å². The second kappa shape index (κ2) is 6.76. The van der Waals surface area contributed by atoms with E-state index in [1.807, 2.05) is 22.6 Å². The first-order valence-corrected chi connectivity index (χ1v) is 7.92. The molecule has 0 atom stereocenters. The van der Waals surface area contributed by atoms with E-state index in [0.717, 1.165) is 3.57 Å². The Morgan fingerprint density at radius 3 is 2.52 bits per heavy atom. The largest absolute Gasteiger partial charge is 0.478 e. The van der Waals surface area contributed by atoms with E-state index in [2.05, 4.69) is 21.2 Å². The Morgan fingerprint density at radius 1 is 1.14 bits per heavy atom. The Bertz CT molecular complexity index is 736. The summed E-state index contributed by atoms with van der Waals surface area (Å²) in [4.78, 5) is 23.3. The number of carbonyl (C=O) groups is 2. The van der Waals surface area contributed by atoms with Gasteiger partial charge in [0, 0.05) is 18.8 Å². The molecule has 2 aromatic carbocycles. The lowest BCUT2D eigenvalue weighted by Gasteiger charge is -2.09. The van der Waals surface area contributed by atoms with Crippen molar-refractivity contribution in [3.8, 4) is 0 Å². The van der Waals surface area contributed by atoms with Crippen molar-refractivity contribution in [2.75, 3.05) is 5.32 Å². The number of benzene rings is 2. The first-order valence-electron chi connectivity index (χ1n) is 5.67. The van der Waals surface area contributed by atoms with Crippen molar-refractivity contribution < 1.29 is 14.7 Å². The summed E-state index contributed by atoms with van der Waals surface area (Å²) in [6.45, 7) is 0. The smallest absolute Gasteiger partial charge is 0.336 e. The molecule has 2 rings (SSSR count). The Kier molecular flexibility index (Phi) is 5.23. The number of anilines is 1. The van der Waals surface area contributed by atoms with Gasteiger partial charge in [0.25, 0.3) is 5.91 Å². The maximum Gasteiger partial charge on any atom is 0.336 e. The van der Waals surface area contributed by atoms with E-state index in [4.69, 9.17) is 16.7 Å². The van der Waals surface area contributed by atoms with Gasteiger partial charge in [-0.05, 0) is 74.9 Å². The van der Waals surface area contributed by atoms with Gasteiger partial charge in [0.1, 0.15) is 0 Å². The van der Waals surface area contributed by atoms with Gasteiger partial charge in [-0.15, -0.1) is 0 Å².